The molecule has 0 aromatic heterocycles. The van der Waals surface area contributed by atoms with Crippen LogP contribution < -0.4 is 0 Å². The maximum Gasteiger partial charge on any atom is 0.269 e. The van der Waals surface area contributed by atoms with E-state index in [2.05, 4.69) is 20.8 Å². The van der Waals surface area contributed by atoms with Gasteiger partial charge in [-0.3, -0.25) is 0 Å². The number of hydrogen-bond acceptors (Lipinski definition) is 4. The number of methoxy groups -OCH3 is 2. The molecule has 0 spiro atoms. The topological polar surface area (TPSA) is 68.4 Å². The highest BCUT2D eigenvalue weighted by Crippen LogP contribution is 2.19. The Bertz CT molecular complexity index is 187. The van der Waals surface area contributed by atoms with Crippen LogP contribution in [-0.2, 0) is 18.6 Å². The first kappa shape index (κ1) is 20.3. The molecule has 0 fully saturated rings. The van der Waals surface area contributed by atoms with Crippen molar-refractivity contribution in [3.05, 3.63) is 0 Å². The van der Waals surface area contributed by atoms with Gasteiger partial charge in [0, 0.05) is 27.8 Å². The van der Waals surface area contributed by atoms with Crippen molar-refractivity contribution in [2.75, 3.05) is 20.8 Å². The van der Waals surface area contributed by atoms with Crippen LogP contribution in [-0.4, -0.2) is 47.0 Å². The molecule has 5 nitrogen and oxygen atoms in total. The van der Waals surface area contributed by atoms with E-state index in [1.807, 2.05) is 0 Å². The SMILES string of the molecule is CCCOC(CC)[SiH](CC)OC(C)(OC)OC.O. The summed E-state index contributed by atoms with van der Waals surface area (Å²) in [5.41, 5.74) is 0.226. The van der Waals surface area contributed by atoms with E-state index in [1.54, 1.807) is 21.1 Å². The van der Waals surface area contributed by atoms with Crippen LogP contribution in [0.5, 0.6) is 0 Å². The Labute approximate surface area is 113 Å². The molecule has 2 N–H and O–H groups in total. The molecule has 0 aliphatic heterocycles. The van der Waals surface area contributed by atoms with Gasteiger partial charge in [0.25, 0.3) is 5.97 Å². The Hall–Kier alpha value is 0.0169. The van der Waals surface area contributed by atoms with E-state index in [4.69, 9.17) is 18.6 Å². The minimum atomic E-state index is -1.49. The second kappa shape index (κ2) is 10.9. The largest absolute Gasteiger partial charge is 0.412 e. The molecule has 18 heavy (non-hydrogen) atoms. The maximum atomic E-state index is 6.01. The van der Waals surface area contributed by atoms with Gasteiger partial charge in [-0.05, 0) is 18.9 Å². The molecule has 0 saturated heterocycles. The summed E-state index contributed by atoms with van der Waals surface area (Å²) < 4.78 is 22.4. The predicted octanol–water partition coefficient (Wildman–Crippen LogP) is 1.63. The monoisotopic (exact) mass is 282 g/mol. The fourth-order valence-electron chi connectivity index (χ4n) is 1.63. The molecule has 6 heteroatoms. The molecule has 112 valence electrons. The summed E-state index contributed by atoms with van der Waals surface area (Å²) in [5.74, 6) is -0.935. The maximum absolute atomic E-state index is 6.01. The van der Waals surface area contributed by atoms with Gasteiger partial charge in [-0.1, -0.05) is 20.8 Å². The third kappa shape index (κ3) is 6.82. The highest BCUT2D eigenvalue weighted by Gasteiger charge is 2.32. The molecule has 0 aromatic rings. The van der Waals surface area contributed by atoms with Gasteiger partial charge >= 0.3 is 0 Å². The lowest BCUT2D eigenvalue weighted by Gasteiger charge is -2.33. The second-order valence-electron chi connectivity index (χ2n) is 4.15. The van der Waals surface area contributed by atoms with E-state index >= 15 is 0 Å². The Kier molecular flexibility index (Phi) is 12.3. The lowest BCUT2D eigenvalue weighted by atomic mass is 10.5. The van der Waals surface area contributed by atoms with Crippen molar-refractivity contribution in [2.24, 2.45) is 0 Å². The fourth-order valence-corrected chi connectivity index (χ4v) is 4.10. The van der Waals surface area contributed by atoms with Gasteiger partial charge in [0.05, 0.1) is 5.73 Å². The average Bonchev–Trinajstić information content (AvgIpc) is 2.37. The van der Waals surface area contributed by atoms with Crippen LogP contribution in [0.4, 0.5) is 0 Å². The lowest BCUT2D eigenvalue weighted by molar-refractivity contribution is -0.314. The van der Waals surface area contributed by atoms with E-state index in [9.17, 15) is 0 Å². The minimum Gasteiger partial charge on any atom is -0.412 e. The summed E-state index contributed by atoms with van der Waals surface area (Å²) in [6.07, 6.45) is 2.02. The Morgan fingerprint density at radius 3 is 2.00 bits per heavy atom. The summed E-state index contributed by atoms with van der Waals surface area (Å²) in [4.78, 5) is 0. The Morgan fingerprint density at radius 1 is 1.11 bits per heavy atom. The molecule has 0 aliphatic rings. The van der Waals surface area contributed by atoms with Crippen LogP contribution in [0.1, 0.15) is 40.5 Å². The van der Waals surface area contributed by atoms with E-state index in [0.29, 0.717) is 0 Å². The molecular weight excluding hydrogens is 252 g/mol. The summed E-state index contributed by atoms with van der Waals surface area (Å²) in [6.45, 7) is 8.98. The van der Waals surface area contributed by atoms with Crippen LogP contribution in [0.2, 0.25) is 6.04 Å². The molecule has 0 saturated carbocycles. The molecule has 0 aliphatic carbocycles. The molecular formula is C12H30O5Si. The lowest BCUT2D eigenvalue weighted by Crippen LogP contribution is -2.45. The highest BCUT2D eigenvalue weighted by atomic mass is 28.3. The Morgan fingerprint density at radius 2 is 1.67 bits per heavy atom. The van der Waals surface area contributed by atoms with Gasteiger partial charge in [0.2, 0.25) is 9.04 Å². The van der Waals surface area contributed by atoms with Crippen molar-refractivity contribution in [2.45, 2.75) is 58.3 Å². The fraction of sp³-hybridized carbons (Fsp3) is 1.00. The van der Waals surface area contributed by atoms with Crippen molar-refractivity contribution < 1.29 is 24.1 Å². The number of ether oxygens (including phenoxy) is 3. The van der Waals surface area contributed by atoms with Gasteiger partial charge in [-0.25, -0.2) is 0 Å². The zero-order valence-electron chi connectivity index (χ0n) is 12.6. The first-order valence-electron chi connectivity index (χ1n) is 6.46. The quantitative estimate of drug-likeness (QED) is 0.451. The highest BCUT2D eigenvalue weighted by molar-refractivity contribution is 6.53. The Balaban J connectivity index is 0. The molecule has 2 atom stereocenters. The molecule has 2 unspecified atom stereocenters. The van der Waals surface area contributed by atoms with Crippen molar-refractivity contribution in [3.63, 3.8) is 0 Å². The molecule has 0 bridgehead atoms. The zero-order valence-corrected chi connectivity index (χ0v) is 13.8. The van der Waals surface area contributed by atoms with Gasteiger partial charge in [-0.15, -0.1) is 0 Å². The van der Waals surface area contributed by atoms with Crippen LogP contribution in [0.25, 0.3) is 0 Å². The zero-order chi connectivity index (χ0) is 13.3. The molecule has 0 rings (SSSR count). The van der Waals surface area contributed by atoms with Gasteiger partial charge in [-0.2, -0.15) is 0 Å². The van der Waals surface area contributed by atoms with Gasteiger partial charge in [0.15, 0.2) is 0 Å². The molecule has 0 aromatic carbocycles. The normalized spacial score (nSPS) is 15.0. The number of hydrogen-bond donors (Lipinski definition) is 0. The van der Waals surface area contributed by atoms with E-state index in [-0.39, 0.29) is 11.2 Å². The molecule has 0 radical (unpaired) electrons. The average molecular weight is 282 g/mol. The van der Waals surface area contributed by atoms with Crippen molar-refractivity contribution >= 4 is 9.04 Å². The summed E-state index contributed by atoms with van der Waals surface area (Å²) in [5, 5.41) is 0. The van der Waals surface area contributed by atoms with E-state index < -0.39 is 15.0 Å². The summed E-state index contributed by atoms with van der Waals surface area (Å²) in [6, 6.07) is 1.00. The smallest absolute Gasteiger partial charge is 0.269 e. The third-order valence-corrected chi connectivity index (χ3v) is 5.89. The standard InChI is InChI=1S/C12H28O4Si.H2O/c1-7-10-15-11(8-2)17(9-3)16-12(4,13-5)14-6;/h11,17H,7-10H2,1-6H3;1H2. The summed E-state index contributed by atoms with van der Waals surface area (Å²) in [7, 11) is 1.70. The van der Waals surface area contributed by atoms with Crippen molar-refractivity contribution in [3.8, 4) is 0 Å². The van der Waals surface area contributed by atoms with Crippen LogP contribution in [0, 0.1) is 0 Å². The second-order valence-corrected chi connectivity index (χ2v) is 7.03. The van der Waals surface area contributed by atoms with Crippen LogP contribution >= 0.6 is 0 Å². The van der Waals surface area contributed by atoms with E-state index in [1.165, 1.54) is 0 Å². The first-order chi connectivity index (χ1) is 8.06. The summed E-state index contributed by atoms with van der Waals surface area (Å²) >= 11 is 0. The first-order valence-corrected chi connectivity index (χ1v) is 8.41. The van der Waals surface area contributed by atoms with E-state index in [0.717, 1.165) is 25.5 Å². The van der Waals surface area contributed by atoms with Gasteiger partial charge in [0.1, 0.15) is 0 Å². The third-order valence-electron chi connectivity index (χ3n) is 2.86. The van der Waals surface area contributed by atoms with Crippen molar-refractivity contribution in [1.29, 1.82) is 0 Å². The van der Waals surface area contributed by atoms with Crippen LogP contribution in [0.15, 0.2) is 0 Å². The molecule has 0 heterocycles. The number of rotatable bonds is 10. The van der Waals surface area contributed by atoms with Gasteiger partial charge < -0.3 is 24.1 Å². The molecule has 0 amide bonds. The predicted molar refractivity (Wildman–Crippen MR) is 75.1 cm³/mol. The van der Waals surface area contributed by atoms with Crippen molar-refractivity contribution in [1.82, 2.24) is 0 Å². The minimum absolute atomic E-state index is 0. The van der Waals surface area contributed by atoms with Crippen LogP contribution in [0.3, 0.4) is 0 Å².